The van der Waals surface area contributed by atoms with E-state index in [4.69, 9.17) is 0 Å². The molecule has 4 nitrogen and oxygen atoms in total. The lowest BCUT2D eigenvalue weighted by atomic mass is 9.84. The molecular formula is C26H38N2O2S. The van der Waals surface area contributed by atoms with Crippen molar-refractivity contribution in [3.63, 3.8) is 0 Å². The van der Waals surface area contributed by atoms with Crippen molar-refractivity contribution >= 4 is 23.2 Å². The van der Waals surface area contributed by atoms with Crippen molar-refractivity contribution in [1.29, 1.82) is 0 Å². The molecule has 0 saturated heterocycles. The molecule has 0 aliphatic carbocycles. The van der Waals surface area contributed by atoms with Gasteiger partial charge in [0.05, 0.1) is 13.1 Å². The van der Waals surface area contributed by atoms with Crippen LogP contribution >= 0.6 is 11.3 Å². The Morgan fingerprint density at radius 3 is 2.26 bits per heavy atom. The van der Waals surface area contributed by atoms with E-state index in [1.165, 1.54) is 0 Å². The predicted octanol–water partition coefficient (Wildman–Crippen LogP) is 5.98. The van der Waals surface area contributed by atoms with Crippen LogP contribution < -0.4 is 0 Å². The number of rotatable bonds is 11. The van der Waals surface area contributed by atoms with Gasteiger partial charge in [-0.15, -0.1) is 11.3 Å². The molecule has 0 bridgehead atoms. The van der Waals surface area contributed by atoms with Crippen LogP contribution in [0.1, 0.15) is 64.3 Å². The van der Waals surface area contributed by atoms with Gasteiger partial charge >= 0.3 is 0 Å². The van der Waals surface area contributed by atoms with Crippen molar-refractivity contribution in [1.82, 2.24) is 9.80 Å². The number of carbonyl (C=O) groups is 2. The highest BCUT2D eigenvalue weighted by atomic mass is 32.1. The minimum atomic E-state index is 0.00234. The second-order valence-electron chi connectivity index (χ2n) is 9.70. The second-order valence-corrected chi connectivity index (χ2v) is 10.7. The average Bonchev–Trinajstić information content (AvgIpc) is 3.19. The molecule has 2 aromatic rings. The van der Waals surface area contributed by atoms with Gasteiger partial charge in [-0.3, -0.25) is 9.59 Å². The van der Waals surface area contributed by atoms with Gasteiger partial charge in [0.1, 0.15) is 0 Å². The molecule has 0 saturated carbocycles. The first-order chi connectivity index (χ1) is 14.7. The molecule has 170 valence electrons. The minimum absolute atomic E-state index is 0.00234. The summed E-state index contributed by atoms with van der Waals surface area (Å²) < 4.78 is 0. The summed E-state index contributed by atoms with van der Waals surface area (Å²) in [5, 5.41) is 2.03. The van der Waals surface area contributed by atoms with Crippen LogP contribution in [0.15, 0.2) is 47.8 Å². The number of amides is 2. The van der Waals surface area contributed by atoms with E-state index in [2.05, 4.69) is 40.7 Å². The van der Waals surface area contributed by atoms with Gasteiger partial charge in [0, 0.05) is 24.4 Å². The maximum atomic E-state index is 13.3. The first-order valence-electron chi connectivity index (χ1n) is 11.3. The fraction of sp³-hybridized carbons (Fsp3) is 0.538. The molecule has 1 aromatic carbocycles. The second kappa shape index (κ2) is 12.0. The van der Waals surface area contributed by atoms with Gasteiger partial charge in [-0.2, -0.15) is 0 Å². The third-order valence-corrected chi connectivity index (χ3v) is 6.01. The maximum absolute atomic E-state index is 13.3. The Morgan fingerprint density at radius 1 is 0.968 bits per heavy atom. The summed E-state index contributed by atoms with van der Waals surface area (Å²) in [6.07, 6.45) is 2.33. The first-order valence-corrected chi connectivity index (χ1v) is 12.2. The molecule has 31 heavy (non-hydrogen) atoms. The van der Waals surface area contributed by atoms with E-state index in [0.29, 0.717) is 32.0 Å². The minimum Gasteiger partial charge on any atom is -0.333 e. The number of hydrogen-bond acceptors (Lipinski definition) is 3. The predicted molar refractivity (Wildman–Crippen MR) is 130 cm³/mol. The van der Waals surface area contributed by atoms with Gasteiger partial charge in [-0.05, 0) is 41.2 Å². The van der Waals surface area contributed by atoms with Crippen molar-refractivity contribution in [2.45, 2.75) is 67.0 Å². The summed E-state index contributed by atoms with van der Waals surface area (Å²) in [5.41, 5.74) is 1.29. The van der Waals surface area contributed by atoms with Crippen molar-refractivity contribution < 1.29 is 9.59 Å². The maximum Gasteiger partial charge on any atom is 0.242 e. The van der Waals surface area contributed by atoms with Crippen LogP contribution in [-0.2, 0) is 22.7 Å². The fourth-order valence-corrected chi connectivity index (χ4v) is 4.72. The molecule has 2 rings (SSSR count). The molecule has 1 unspecified atom stereocenters. The first kappa shape index (κ1) is 25.1. The van der Waals surface area contributed by atoms with Crippen LogP contribution in [0.5, 0.6) is 0 Å². The van der Waals surface area contributed by atoms with E-state index in [9.17, 15) is 9.59 Å². The summed E-state index contributed by atoms with van der Waals surface area (Å²) in [7, 11) is 0. The highest BCUT2D eigenvalue weighted by Gasteiger charge is 2.24. The average molecular weight is 443 g/mol. The monoisotopic (exact) mass is 442 g/mol. The topological polar surface area (TPSA) is 40.6 Å². The zero-order valence-electron chi connectivity index (χ0n) is 19.8. The standard InChI is InChI=1S/C26H38N2O2S/c1-6-14-27(24(29)16-21(2)17-26(3,4)5)20-25(30)28(19-23-13-10-15-31-23)18-22-11-8-7-9-12-22/h7-13,15,21H,6,14,16-20H2,1-5H3. The molecule has 0 radical (unpaired) electrons. The Kier molecular flexibility index (Phi) is 9.76. The zero-order chi connectivity index (χ0) is 22.9. The van der Waals surface area contributed by atoms with Crippen molar-refractivity contribution in [3.05, 3.63) is 58.3 Å². The van der Waals surface area contributed by atoms with E-state index in [0.717, 1.165) is 23.3 Å². The summed E-state index contributed by atoms with van der Waals surface area (Å²) in [5.74, 6) is 0.388. The van der Waals surface area contributed by atoms with E-state index in [-0.39, 0.29) is 23.8 Å². The third kappa shape index (κ3) is 9.26. The normalized spacial score (nSPS) is 12.4. The lowest BCUT2D eigenvalue weighted by Gasteiger charge is -2.29. The summed E-state index contributed by atoms with van der Waals surface area (Å²) >= 11 is 1.65. The largest absolute Gasteiger partial charge is 0.333 e. The molecule has 0 aliphatic heterocycles. The van der Waals surface area contributed by atoms with Crippen LogP contribution in [0.3, 0.4) is 0 Å². The smallest absolute Gasteiger partial charge is 0.242 e. The van der Waals surface area contributed by atoms with E-state index in [1.807, 2.05) is 46.7 Å². The zero-order valence-corrected chi connectivity index (χ0v) is 20.6. The molecule has 0 fully saturated rings. The Labute approximate surface area is 192 Å². The number of carbonyl (C=O) groups excluding carboxylic acids is 2. The van der Waals surface area contributed by atoms with Gasteiger partial charge in [0.25, 0.3) is 0 Å². The van der Waals surface area contributed by atoms with Gasteiger partial charge in [0.15, 0.2) is 0 Å². The molecular weight excluding hydrogens is 404 g/mol. The summed E-state index contributed by atoms with van der Waals surface area (Å²) in [6.45, 7) is 12.7. The van der Waals surface area contributed by atoms with E-state index in [1.54, 1.807) is 16.2 Å². The highest BCUT2D eigenvalue weighted by Crippen LogP contribution is 2.26. The molecule has 1 heterocycles. The lowest BCUT2D eigenvalue weighted by molar-refractivity contribution is -0.141. The Balaban J connectivity index is 2.08. The summed E-state index contributed by atoms with van der Waals surface area (Å²) in [4.78, 5) is 31.1. The Hall–Kier alpha value is -2.14. The van der Waals surface area contributed by atoms with Crippen LogP contribution in [0, 0.1) is 11.3 Å². The molecule has 5 heteroatoms. The van der Waals surface area contributed by atoms with E-state index < -0.39 is 0 Å². The molecule has 0 spiro atoms. The Bertz CT molecular complexity index is 797. The number of benzene rings is 1. The van der Waals surface area contributed by atoms with Crippen molar-refractivity contribution in [2.75, 3.05) is 13.1 Å². The Morgan fingerprint density at radius 2 is 1.68 bits per heavy atom. The fourth-order valence-electron chi connectivity index (χ4n) is 4.00. The molecule has 0 N–H and O–H groups in total. The van der Waals surface area contributed by atoms with Gasteiger partial charge < -0.3 is 9.80 Å². The van der Waals surface area contributed by atoms with Crippen LogP contribution in [0.2, 0.25) is 0 Å². The SMILES string of the molecule is CCCN(CC(=O)N(Cc1ccccc1)Cc1cccs1)C(=O)CC(C)CC(C)(C)C. The van der Waals surface area contributed by atoms with Gasteiger partial charge in [0.2, 0.25) is 11.8 Å². The number of nitrogens with zero attached hydrogens (tertiary/aromatic N) is 2. The number of thiophene rings is 1. The lowest BCUT2D eigenvalue weighted by Crippen LogP contribution is -2.43. The third-order valence-electron chi connectivity index (χ3n) is 5.15. The van der Waals surface area contributed by atoms with Crippen LogP contribution in [0.25, 0.3) is 0 Å². The quantitative estimate of drug-likeness (QED) is 0.430. The number of hydrogen-bond donors (Lipinski definition) is 0. The highest BCUT2D eigenvalue weighted by molar-refractivity contribution is 7.09. The van der Waals surface area contributed by atoms with Crippen LogP contribution in [-0.4, -0.2) is 34.7 Å². The molecule has 0 aliphatic rings. The van der Waals surface area contributed by atoms with Gasteiger partial charge in [-0.1, -0.05) is 71.0 Å². The molecule has 1 aromatic heterocycles. The van der Waals surface area contributed by atoms with Crippen molar-refractivity contribution in [2.24, 2.45) is 11.3 Å². The van der Waals surface area contributed by atoms with E-state index >= 15 is 0 Å². The van der Waals surface area contributed by atoms with Crippen molar-refractivity contribution in [3.8, 4) is 0 Å². The summed E-state index contributed by atoms with van der Waals surface area (Å²) in [6, 6.07) is 14.1. The van der Waals surface area contributed by atoms with Gasteiger partial charge in [-0.25, -0.2) is 0 Å². The van der Waals surface area contributed by atoms with Crippen LogP contribution in [0.4, 0.5) is 0 Å². The molecule has 1 atom stereocenters. The molecule has 2 amide bonds.